The zero-order valence-corrected chi connectivity index (χ0v) is 17.1. The second-order valence-corrected chi connectivity index (χ2v) is 6.70. The molecule has 1 aliphatic rings. The summed E-state index contributed by atoms with van der Waals surface area (Å²) in [5.74, 6) is 1.29. The van der Waals surface area contributed by atoms with Crippen LogP contribution in [0.3, 0.4) is 0 Å². The SMILES string of the molecule is COc1cc(C(=O)Nc2ccc3c(c2)N(C(C)C)C(=O)CO3)cc(OC)c1OC. The van der Waals surface area contributed by atoms with Crippen LogP contribution in [0.2, 0.25) is 0 Å². The quantitative estimate of drug-likeness (QED) is 0.802. The van der Waals surface area contributed by atoms with Gasteiger partial charge in [-0.2, -0.15) is 0 Å². The minimum absolute atomic E-state index is 0.00230. The number of methoxy groups -OCH3 is 3. The Bertz CT molecular complexity index is 916. The summed E-state index contributed by atoms with van der Waals surface area (Å²) in [5.41, 5.74) is 1.50. The van der Waals surface area contributed by atoms with Gasteiger partial charge >= 0.3 is 0 Å². The van der Waals surface area contributed by atoms with Crippen LogP contribution in [0.5, 0.6) is 23.0 Å². The third kappa shape index (κ3) is 3.91. The van der Waals surface area contributed by atoms with Gasteiger partial charge in [-0.15, -0.1) is 0 Å². The van der Waals surface area contributed by atoms with Gasteiger partial charge in [0, 0.05) is 17.3 Å². The van der Waals surface area contributed by atoms with Crippen LogP contribution in [0.25, 0.3) is 0 Å². The zero-order chi connectivity index (χ0) is 21.1. The zero-order valence-electron chi connectivity index (χ0n) is 17.1. The number of benzene rings is 2. The predicted octanol–water partition coefficient (Wildman–Crippen LogP) is 3.10. The van der Waals surface area contributed by atoms with Crippen molar-refractivity contribution in [2.45, 2.75) is 19.9 Å². The summed E-state index contributed by atoms with van der Waals surface area (Å²) in [6, 6.07) is 8.30. The summed E-state index contributed by atoms with van der Waals surface area (Å²) in [5, 5.41) is 2.84. The lowest BCUT2D eigenvalue weighted by molar-refractivity contribution is -0.121. The van der Waals surface area contributed by atoms with E-state index in [1.54, 1.807) is 35.2 Å². The smallest absolute Gasteiger partial charge is 0.265 e. The van der Waals surface area contributed by atoms with Gasteiger partial charge in [-0.25, -0.2) is 0 Å². The number of carbonyl (C=O) groups is 2. The number of anilines is 2. The van der Waals surface area contributed by atoms with Gasteiger partial charge < -0.3 is 29.2 Å². The highest BCUT2D eigenvalue weighted by Crippen LogP contribution is 2.39. The third-order valence-electron chi connectivity index (χ3n) is 4.54. The van der Waals surface area contributed by atoms with E-state index in [0.29, 0.717) is 39.9 Å². The molecular formula is C21H24N2O6. The molecule has 0 radical (unpaired) electrons. The number of rotatable bonds is 6. The lowest BCUT2D eigenvalue weighted by Gasteiger charge is -2.32. The van der Waals surface area contributed by atoms with E-state index in [-0.39, 0.29) is 24.5 Å². The van der Waals surface area contributed by atoms with Gasteiger partial charge in [-0.3, -0.25) is 9.59 Å². The summed E-state index contributed by atoms with van der Waals surface area (Å²) >= 11 is 0. The molecule has 0 spiro atoms. The Labute approximate surface area is 169 Å². The number of nitrogens with one attached hydrogen (secondary N) is 1. The summed E-state index contributed by atoms with van der Waals surface area (Å²) in [6.45, 7) is 3.85. The molecule has 3 rings (SSSR count). The molecule has 8 heteroatoms. The summed E-state index contributed by atoms with van der Waals surface area (Å²) in [7, 11) is 4.47. The van der Waals surface area contributed by atoms with E-state index in [0.717, 1.165) is 0 Å². The Morgan fingerprint density at radius 2 is 1.72 bits per heavy atom. The average Bonchev–Trinajstić information content (AvgIpc) is 2.71. The van der Waals surface area contributed by atoms with Crippen molar-refractivity contribution >= 4 is 23.2 Å². The molecule has 2 aromatic carbocycles. The van der Waals surface area contributed by atoms with Crippen molar-refractivity contribution in [3.8, 4) is 23.0 Å². The number of nitrogens with zero attached hydrogens (tertiary/aromatic N) is 1. The van der Waals surface area contributed by atoms with Crippen molar-refractivity contribution in [2.24, 2.45) is 0 Å². The van der Waals surface area contributed by atoms with E-state index in [9.17, 15) is 9.59 Å². The molecule has 29 heavy (non-hydrogen) atoms. The van der Waals surface area contributed by atoms with Crippen molar-refractivity contribution in [3.63, 3.8) is 0 Å². The molecule has 0 saturated heterocycles. The van der Waals surface area contributed by atoms with Crippen molar-refractivity contribution in [1.29, 1.82) is 0 Å². The third-order valence-corrected chi connectivity index (χ3v) is 4.54. The van der Waals surface area contributed by atoms with Gasteiger partial charge in [0.1, 0.15) is 5.75 Å². The van der Waals surface area contributed by atoms with Crippen LogP contribution in [-0.2, 0) is 4.79 Å². The molecule has 0 atom stereocenters. The fourth-order valence-electron chi connectivity index (χ4n) is 3.23. The monoisotopic (exact) mass is 400 g/mol. The minimum atomic E-state index is -0.358. The number of hydrogen-bond donors (Lipinski definition) is 1. The maximum Gasteiger partial charge on any atom is 0.265 e. The molecule has 1 N–H and O–H groups in total. The van der Waals surface area contributed by atoms with Crippen molar-refractivity contribution in [1.82, 2.24) is 0 Å². The van der Waals surface area contributed by atoms with Crippen molar-refractivity contribution < 1.29 is 28.5 Å². The largest absolute Gasteiger partial charge is 0.493 e. The highest BCUT2D eigenvalue weighted by molar-refractivity contribution is 6.06. The first-order valence-electron chi connectivity index (χ1n) is 9.09. The van der Waals surface area contributed by atoms with Crippen LogP contribution in [-0.4, -0.2) is 45.8 Å². The van der Waals surface area contributed by atoms with E-state index in [4.69, 9.17) is 18.9 Å². The fourth-order valence-corrected chi connectivity index (χ4v) is 3.23. The Balaban J connectivity index is 1.91. The van der Waals surface area contributed by atoms with Gasteiger partial charge in [0.2, 0.25) is 5.75 Å². The standard InChI is InChI=1S/C21H24N2O6/c1-12(2)23-15-10-14(6-7-16(15)29-11-19(23)24)22-21(25)13-8-17(26-3)20(28-5)18(9-13)27-4/h6-10,12H,11H2,1-5H3,(H,22,25). The fraction of sp³-hybridized carbons (Fsp3) is 0.333. The molecule has 2 aromatic rings. The number of carbonyl (C=O) groups excluding carboxylic acids is 2. The van der Waals surface area contributed by atoms with Crippen LogP contribution in [0, 0.1) is 0 Å². The number of ether oxygens (including phenoxy) is 4. The summed E-state index contributed by atoms with van der Waals surface area (Å²) < 4.78 is 21.4. The molecule has 0 saturated carbocycles. The Morgan fingerprint density at radius 3 is 2.28 bits per heavy atom. The van der Waals surface area contributed by atoms with Crippen LogP contribution in [0.15, 0.2) is 30.3 Å². The number of amides is 2. The molecule has 8 nitrogen and oxygen atoms in total. The summed E-state index contributed by atoms with van der Waals surface area (Å²) in [4.78, 5) is 26.7. The van der Waals surface area contributed by atoms with E-state index in [1.165, 1.54) is 21.3 Å². The molecule has 1 heterocycles. The van der Waals surface area contributed by atoms with E-state index < -0.39 is 0 Å². The average molecular weight is 400 g/mol. The summed E-state index contributed by atoms with van der Waals surface area (Å²) in [6.07, 6.45) is 0. The minimum Gasteiger partial charge on any atom is -0.493 e. The highest BCUT2D eigenvalue weighted by atomic mass is 16.5. The van der Waals surface area contributed by atoms with E-state index >= 15 is 0 Å². The normalized spacial score (nSPS) is 12.9. The molecule has 2 amide bonds. The molecule has 0 fully saturated rings. The molecule has 0 aliphatic carbocycles. The maximum atomic E-state index is 12.8. The highest BCUT2D eigenvalue weighted by Gasteiger charge is 2.28. The van der Waals surface area contributed by atoms with Crippen molar-refractivity contribution in [2.75, 3.05) is 38.2 Å². The molecule has 1 aliphatic heterocycles. The Morgan fingerprint density at radius 1 is 1.07 bits per heavy atom. The number of hydrogen-bond acceptors (Lipinski definition) is 6. The first-order chi connectivity index (χ1) is 13.9. The van der Waals surface area contributed by atoms with Gasteiger partial charge in [0.25, 0.3) is 11.8 Å². The topological polar surface area (TPSA) is 86.3 Å². The van der Waals surface area contributed by atoms with Crippen LogP contribution in [0.4, 0.5) is 11.4 Å². The molecule has 0 bridgehead atoms. The van der Waals surface area contributed by atoms with Gasteiger partial charge in [-0.05, 0) is 44.2 Å². The van der Waals surface area contributed by atoms with Gasteiger partial charge in [0.15, 0.2) is 18.1 Å². The van der Waals surface area contributed by atoms with Gasteiger partial charge in [-0.1, -0.05) is 0 Å². The molecule has 0 aromatic heterocycles. The molecule has 0 unspecified atom stereocenters. The van der Waals surface area contributed by atoms with Crippen LogP contribution < -0.4 is 29.2 Å². The van der Waals surface area contributed by atoms with Crippen LogP contribution >= 0.6 is 0 Å². The Kier molecular flexibility index (Phi) is 5.81. The van der Waals surface area contributed by atoms with E-state index in [2.05, 4.69) is 5.32 Å². The molecular weight excluding hydrogens is 376 g/mol. The van der Waals surface area contributed by atoms with Crippen molar-refractivity contribution in [3.05, 3.63) is 35.9 Å². The first kappa shape index (κ1) is 20.3. The van der Waals surface area contributed by atoms with E-state index in [1.807, 2.05) is 13.8 Å². The first-order valence-corrected chi connectivity index (χ1v) is 9.09. The Hall–Kier alpha value is -3.42. The molecule has 154 valence electrons. The van der Waals surface area contributed by atoms with Gasteiger partial charge in [0.05, 0.1) is 27.0 Å². The lowest BCUT2D eigenvalue weighted by Crippen LogP contribution is -2.43. The number of fused-ring (bicyclic) bond motifs is 1. The second-order valence-electron chi connectivity index (χ2n) is 6.70. The van der Waals surface area contributed by atoms with Crippen LogP contribution in [0.1, 0.15) is 24.2 Å². The predicted molar refractivity (Wildman–Crippen MR) is 109 cm³/mol. The lowest BCUT2D eigenvalue weighted by atomic mass is 10.1. The maximum absolute atomic E-state index is 12.8. The second kappa shape index (κ2) is 8.30.